The van der Waals surface area contributed by atoms with Crippen molar-refractivity contribution < 1.29 is 0 Å². The van der Waals surface area contributed by atoms with Crippen molar-refractivity contribution in [3.63, 3.8) is 0 Å². The summed E-state index contributed by atoms with van der Waals surface area (Å²) in [6.45, 7) is 6.39. The number of anilines is 2. The molecule has 3 N–H and O–H groups in total. The highest BCUT2D eigenvalue weighted by molar-refractivity contribution is 7.80. The summed E-state index contributed by atoms with van der Waals surface area (Å²) in [6.07, 6.45) is 1.98. The molecule has 0 heterocycles. The molecule has 0 aliphatic heterocycles. The first-order chi connectivity index (χ1) is 10.1. The van der Waals surface area contributed by atoms with Crippen LogP contribution in [0.25, 0.3) is 0 Å². The fourth-order valence-electron chi connectivity index (χ4n) is 2.51. The molecule has 0 saturated heterocycles. The summed E-state index contributed by atoms with van der Waals surface area (Å²) >= 11 is 5.19. The predicted octanol–water partition coefficient (Wildman–Crippen LogP) is 4.50. The average Bonchev–Trinajstić information content (AvgIpc) is 2.48. The van der Waals surface area contributed by atoms with Crippen molar-refractivity contribution in [2.45, 2.75) is 33.6 Å². The molecule has 0 saturated carbocycles. The maximum Gasteiger partial charge on any atom is 0.106 e. The van der Waals surface area contributed by atoms with Gasteiger partial charge in [-0.1, -0.05) is 55.9 Å². The van der Waals surface area contributed by atoms with E-state index in [1.165, 1.54) is 16.8 Å². The molecule has 0 amide bonds. The Morgan fingerprint density at radius 1 is 1.10 bits per heavy atom. The molecule has 0 aliphatic carbocycles. The van der Waals surface area contributed by atoms with E-state index in [0.717, 1.165) is 29.7 Å². The second-order valence-corrected chi connectivity index (χ2v) is 5.64. The minimum absolute atomic E-state index is 0.424. The lowest BCUT2D eigenvalue weighted by atomic mass is 10.0. The lowest BCUT2D eigenvalue weighted by Gasteiger charge is -2.18. The Kier molecular flexibility index (Phi) is 4.97. The summed E-state index contributed by atoms with van der Waals surface area (Å²) < 4.78 is 0. The maximum absolute atomic E-state index is 5.87. The van der Waals surface area contributed by atoms with Gasteiger partial charge in [-0.05, 0) is 43.0 Å². The van der Waals surface area contributed by atoms with E-state index >= 15 is 0 Å². The topological polar surface area (TPSA) is 38.0 Å². The molecule has 0 unspecified atom stereocenters. The van der Waals surface area contributed by atoms with Crippen molar-refractivity contribution in [1.29, 1.82) is 0 Å². The molecule has 0 aromatic heterocycles. The highest BCUT2D eigenvalue weighted by Crippen LogP contribution is 2.28. The molecule has 2 nitrogen and oxygen atoms in total. The molecule has 21 heavy (non-hydrogen) atoms. The first-order valence-corrected chi connectivity index (χ1v) is 7.75. The molecule has 0 fully saturated rings. The van der Waals surface area contributed by atoms with E-state index < -0.39 is 0 Å². The van der Waals surface area contributed by atoms with E-state index in [1.54, 1.807) is 0 Å². The van der Waals surface area contributed by atoms with Gasteiger partial charge < -0.3 is 11.1 Å². The molecule has 0 atom stereocenters. The van der Waals surface area contributed by atoms with Gasteiger partial charge in [0.05, 0.1) is 0 Å². The third-order valence-corrected chi connectivity index (χ3v) is 3.92. The number of para-hydroxylation sites is 1. The number of hydrogen-bond donors (Lipinski definition) is 2. The number of aryl methyl sites for hydroxylation is 3. The second-order valence-electron chi connectivity index (χ2n) is 5.20. The molecular weight excluding hydrogens is 276 g/mol. The van der Waals surface area contributed by atoms with Gasteiger partial charge in [0, 0.05) is 16.9 Å². The van der Waals surface area contributed by atoms with Crippen molar-refractivity contribution in [2.75, 3.05) is 5.32 Å². The minimum atomic E-state index is 0.424. The number of nitrogens with two attached hydrogens (primary N) is 1. The quantitative estimate of drug-likeness (QED) is 0.798. The lowest BCUT2D eigenvalue weighted by Crippen LogP contribution is -2.13. The van der Waals surface area contributed by atoms with Crippen LogP contribution in [-0.2, 0) is 12.8 Å². The van der Waals surface area contributed by atoms with Gasteiger partial charge in [-0.15, -0.1) is 0 Å². The molecule has 0 aliphatic rings. The van der Waals surface area contributed by atoms with Crippen LogP contribution in [-0.4, -0.2) is 4.99 Å². The summed E-state index contributed by atoms with van der Waals surface area (Å²) in [5.74, 6) is 0. The fourth-order valence-corrected chi connectivity index (χ4v) is 2.68. The van der Waals surface area contributed by atoms with Gasteiger partial charge in [-0.25, -0.2) is 0 Å². The van der Waals surface area contributed by atoms with Crippen molar-refractivity contribution in [3.05, 3.63) is 58.7 Å². The third kappa shape index (κ3) is 3.42. The van der Waals surface area contributed by atoms with Gasteiger partial charge in [0.15, 0.2) is 0 Å². The maximum atomic E-state index is 5.87. The Hall–Kier alpha value is -1.87. The van der Waals surface area contributed by atoms with Crippen LogP contribution in [0.15, 0.2) is 36.4 Å². The summed E-state index contributed by atoms with van der Waals surface area (Å²) in [4.78, 5) is 0.424. The lowest BCUT2D eigenvalue weighted by molar-refractivity contribution is 1.09. The van der Waals surface area contributed by atoms with Crippen LogP contribution in [0.1, 0.15) is 36.1 Å². The number of rotatable bonds is 5. The van der Waals surface area contributed by atoms with E-state index in [4.69, 9.17) is 18.0 Å². The predicted molar refractivity (Wildman–Crippen MR) is 95.5 cm³/mol. The van der Waals surface area contributed by atoms with Crippen molar-refractivity contribution in [3.8, 4) is 0 Å². The second kappa shape index (κ2) is 6.72. The Morgan fingerprint density at radius 3 is 2.24 bits per heavy atom. The summed E-state index contributed by atoms with van der Waals surface area (Å²) in [5, 5.41) is 3.55. The van der Waals surface area contributed by atoms with E-state index in [9.17, 15) is 0 Å². The Balaban J connectivity index is 2.50. The Labute approximate surface area is 132 Å². The van der Waals surface area contributed by atoms with E-state index in [0.29, 0.717) is 4.99 Å². The van der Waals surface area contributed by atoms with Gasteiger partial charge in [-0.3, -0.25) is 0 Å². The van der Waals surface area contributed by atoms with Gasteiger partial charge in [0.2, 0.25) is 0 Å². The monoisotopic (exact) mass is 298 g/mol. The molecule has 0 bridgehead atoms. The van der Waals surface area contributed by atoms with Crippen molar-refractivity contribution in [1.82, 2.24) is 0 Å². The normalized spacial score (nSPS) is 10.4. The minimum Gasteiger partial charge on any atom is -0.389 e. The standard InChI is InChI=1S/C18H22N2S/c1-4-13-7-6-8-14(5-2)17(13)20-16-10-9-12(3)11-15(16)18(19)21/h6-11,20H,4-5H2,1-3H3,(H2,19,21). The molecular formula is C18H22N2S. The van der Waals surface area contributed by atoms with Gasteiger partial charge >= 0.3 is 0 Å². The van der Waals surface area contributed by atoms with Crippen molar-refractivity contribution in [2.24, 2.45) is 5.73 Å². The number of benzene rings is 2. The smallest absolute Gasteiger partial charge is 0.106 e. The van der Waals surface area contributed by atoms with Crippen LogP contribution >= 0.6 is 12.2 Å². The van der Waals surface area contributed by atoms with E-state index in [2.05, 4.69) is 49.5 Å². The van der Waals surface area contributed by atoms with Gasteiger partial charge in [-0.2, -0.15) is 0 Å². The first-order valence-electron chi connectivity index (χ1n) is 7.35. The summed E-state index contributed by atoms with van der Waals surface area (Å²) in [5.41, 5.74) is 12.7. The number of thiocarbonyl (C=S) groups is 1. The largest absolute Gasteiger partial charge is 0.389 e. The highest BCUT2D eigenvalue weighted by Gasteiger charge is 2.10. The molecule has 110 valence electrons. The zero-order valence-corrected chi connectivity index (χ0v) is 13.7. The zero-order valence-electron chi connectivity index (χ0n) is 12.9. The summed E-state index contributed by atoms with van der Waals surface area (Å²) in [7, 11) is 0. The van der Waals surface area contributed by atoms with Crippen LogP contribution in [0.3, 0.4) is 0 Å². The van der Waals surface area contributed by atoms with E-state index in [-0.39, 0.29) is 0 Å². The average molecular weight is 298 g/mol. The van der Waals surface area contributed by atoms with Crippen molar-refractivity contribution >= 4 is 28.6 Å². The number of nitrogens with one attached hydrogen (secondary N) is 1. The Morgan fingerprint density at radius 2 is 1.71 bits per heavy atom. The van der Waals surface area contributed by atoms with Crippen LogP contribution in [0, 0.1) is 6.92 Å². The molecule has 0 radical (unpaired) electrons. The molecule has 2 rings (SSSR count). The van der Waals surface area contributed by atoms with Crippen LogP contribution < -0.4 is 11.1 Å². The SMILES string of the molecule is CCc1cccc(CC)c1Nc1ccc(C)cc1C(N)=S. The van der Waals surface area contributed by atoms with E-state index in [1.807, 2.05) is 13.0 Å². The highest BCUT2D eigenvalue weighted by atomic mass is 32.1. The molecule has 0 spiro atoms. The summed E-state index contributed by atoms with van der Waals surface area (Å²) in [6, 6.07) is 12.6. The Bertz CT molecular complexity index is 640. The molecule has 2 aromatic rings. The molecule has 2 aromatic carbocycles. The van der Waals surface area contributed by atoms with Crippen LogP contribution in [0.5, 0.6) is 0 Å². The zero-order chi connectivity index (χ0) is 15.4. The molecule has 3 heteroatoms. The third-order valence-electron chi connectivity index (χ3n) is 3.70. The fraction of sp³-hybridized carbons (Fsp3) is 0.278. The van der Waals surface area contributed by atoms with Crippen LogP contribution in [0.2, 0.25) is 0 Å². The van der Waals surface area contributed by atoms with Gasteiger partial charge in [0.25, 0.3) is 0 Å². The van der Waals surface area contributed by atoms with Gasteiger partial charge in [0.1, 0.15) is 4.99 Å². The van der Waals surface area contributed by atoms with Crippen LogP contribution in [0.4, 0.5) is 11.4 Å². The first kappa shape index (κ1) is 15.5. The number of hydrogen-bond acceptors (Lipinski definition) is 2.